The Balaban J connectivity index is 2.26. The molecule has 15 heavy (non-hydrogen) atoms. The maximum atomic E-state index is 11.6. The summed E-state index contributed by atoms with van der Waals surface area (Å²) in [4.78, 5) is 23.8. The van der Waals surface area contributed by atoms with Gasteiger partial charge in [-0.15, -0.1) is 0 Å². The molecule has 6 heteroatoms. The molecule has 2 aliphatic rings. The molecule has 0 aromatic heterocycles. The first-order valence-electron chi connectivity index (χ1n) is 4.88. The molecule has 2 rings (SSSR count). The Kier molecular flexibility index (Phi) is 2.13. The Morgan fingerprint density at radius 2 is 2.27 bits per heavy atom. The summed E-state index contributed by atoms with van der Waals surface area (Å²) in [5, 5.41) is 14.3. The summed E-state index contributed by atoms with van der Waals surface area (Å²) < 4.78 is 0. The molecular formula is C9H13N3O3. The highest BCUT2D eigenvalue weighted by atomic mass is 16.4. The van der Waals surface area contributed by atoms with Crippen LogP contribution >= 0.6 is 0 Å². The zero-order valence-corrected chi connectivity index (χ0v) is 8.67. The molecule has 0 aromatic rings. The highest BCUT2D eigenvalue weighted by Crippen LogP contribution is 2.27. The van der Waals surface area contributed by atoms with Crippen LogP contribution in [-0.4, -0.2) is 52.4 Å². The first-order valence-corrected chi connectivity index (χ1v) is 4.88. The number of rotatable bonds is 0. The summed E-state index contributed by atoms with van der Waals surface area (Å²) in [7, 11) is 1.60. The predicted molar refractivity (Wildman–Crippen MR) is 52.5 cm³/mol. The van der Waals surface area contributed by atoms with Gasteiger partial charge in [0.15, 0.2) is 0 Å². The van der Waals surface area contributed by atoms with Gasteiger partial charge in [0.1, 0.15) is 0 Å². The molecule has 2 atom stereocenters. The summed E-state index contributed by atoms with van der Waals surface area (Å²) >= 11 is 0. The summed E-state index contributed by atoms with van der Waals surface area (Å²) in [5.74, 6) is -0.234. The molecule has 82 valence electrons. The number of fused-ring (bicyclic) bond motifs is 1. The van der Waals surface area contributed by atoms with Crippen molar-refractivity contribution in [3.8, 4) is 0 Å². The number of carbonyl (C=O) groups is 2. The van der Waals surface area contributed by atoms with Gasteiger partial charge in [0.05, 0.1) is 17.7 Å². The van der Waals surface area contributed by atoms with E-state index in [-0.39, 0.29) is 17.9 Å². The molecular weight excluding hydrogens is 198 g/mol. The van der Waals surface area contributed by atoms with E-state index in [1.54, 1.807) is 14.0 Å². The number of hydrogen-bond acceptors (Lipinski definition) is 3. The first kappa shape index (κ1) is 9.95. The van der Waals surface area contributed by atoms with Crippen molar-refractivity contribution in [2.75, 3.05) is 13.6 Å². The predicted octanol–water partition coefficient (Wildman–Crippen LogP) is 0.203. The van der Waals surface area contributed by atoms with E-state index in [1.807, 2.05) is 0 Å². The van der Waals surface area contributed by atoms with E-state index in [1.165, 1.54) is 9.91 Å². The number of likely N-dealkylation sites (tertiary alicyclic amines) is 1. The molecule has 0 bridgehead atoms. The van der Waals surface area contributed by atoms with Crippen molar-refractivity contribution in [3.63, 3.8) is 0 Å². The molecule has 2 aliphatic heterocycles. The summed E-state index contributed by atoms with van der Waals surface area (Å²) in [6, 6.07) is -0.296. The molecule has 0 saturated carbocycles. The topological polar surface area (TPSA) is 73.2 Å². The lowest BCUT2D eigenvalue weighted by atomic mass is 9.90. The van der Waals surface area contributed by atoms with E-state index in [2.05, 4.69) is 5.10 Å². The van der Waals surface area contributed by atoms with Crippen LogP contribution in [0, 0.1) is 5.92 Å². The van der Waals surface area contributed by atoms with Crippen LogP contribution in [0.1, 0.15) is 13.3 Å². The van der Waals surface area contributed by atoms with Crippen LogP contribution in [0.4, 0.5) is 4.79 Å². The van der Waals surface area contributed by atoms with Crippen LogP contribution < -0.4 is 0 Å². The van der Waals surface area contributed by atoms with E-state index in [4.69, 9.17) is 5.11 Å². The summed E-state index contributed by atoms with van der Waals surface area (Å²) in [6.07, 6.45) is -0.413. The number of piperidine rings is 1. The average molecular weight is 211 g/mol. The Hall–Kier alpha value is -1.59. The van der Waals surface area contributed by atoms with Gasteiger partial charge in [-0.2, -0.15) is 5.10 Å². The largest absolute Gasteiger partial charge is 0.465 e. The van der Waals surface area contributed by atoms with Gasteiger partial charge in [-0.25, -0.2) is 9.80 Å². The lowest BCUT2D eigenvalue weighted by Gasteiger charge is -2.33. The normalized spacial score (nSPS) is 30.3. The van der Waals surface area contributed by atoms with E-state index < -0.39 is 6.09 Å². The van der Waals surface area contributed by atoms with Gasteiger partial charge in [0.2, 0.25) is 0 Å². The minimum atomic E-state index is -0.953. The van der Waals surface area contributed by atoms with Crippen molar-refractivity contribution in [2.45, 2.75) is 19.4 Å². The third kappa shape index (κ3) is 1.36. The van der Waals surface area contributed by atoms with Gasteiger partial charge >= 0.3 is 6.09 Å². The number of nitrogens with zero attached hydrogens (tertiary/aromatic N) is 3. The Labute approximate surface area is 87.1 Å². The first-order chi connectivity index (χ1) is 7.02. The quantitative estimate of drug-likeness (QED) is 0.622. The van der Waals surface area contributed by atoms with Crippen LogP contribution in [0.3, 0.4) is 0 Å². The van der Waals surface area contributed by atoms with E-state index in [0.29, 0.717) is 18.7 Å². The van der Waals surface area contributed by atoms with Crippen LogP contribution in [0.15, 0.2) is 5.10 Å². The Morgan fingerprint density at radius 1 is 1.60 bits per heavy atom. The SMILES string of the molecule is C[C@H]1C2=NN(C)C(=O)C2CCN1C(=O)O. The number of carboxylic acid groups (broad SMARTS) is 1. The fourth-order valence-corrected chi connectivity index (χ4v) is 2.17. The Morgan fingerprint density at radius 3 is 2.87 bits per heavy atom. The van der Waals surface area contributed by atoms with E-state index in [9.17, 15) is 9.59 Å². The molecule has 2 amide bonds. The molecule has 0 aliphatic carbocycles. The molecule has 1 fully saturated rings. The van der Waals surface area contributed by atoms with E-state index in [0.717, 1.165) is 0 Å². The monoisotopic (exact) mass is 211 g/mol. The second kappa shape index (κ2) is 3.22. The molecule has 6 nitrogen and oxygen atoms in total. The van der Waals surface area contributed by atoms with Crippen LogP contribution in [0.5, 0.6) is 0 Å². The summed E-state index contributed by atoms with van der Waals surface area (Å²) in [6.45, 7) is 2.17. The standard InChI is InChI=1S/C9H13N3O3/c1-5-7-6(8(13)11(2)10-7)3-4-12(5)9(14)15/h5-6H,3-4H2,1-2H3,(H,14,15)/t5-,6?/m0/s1. The van der Waals surface area contributed by atoms with Crippen LogP contribution in [-0.2, 0) is 4.79 Å². The molecule has 0 radical (unpaired) electrons. The summed E-state index contributed by atoms with van der Waals surface area (Å²) in [5.41, 5.74) is 0.677. The number of hydrogen-bond donors (Lipinski definition) is 1. The third-order valence-electron chi connectivity index (χ3n) is 3.04. The zero-order valence-electron chi connectivity index (χ0n) is 8.67. The van der Waals surface area contributed by atoms with Crippen molar-refractivity contribution in [1.82, 2.24) is 9.91 Å². The zero-order chi connectivity index (χ0) is 11.2. The molecule has 1 saturated heterocycles. The maximum Gasteiger partial charge on any atom is 0.407 e. The molecule has 0 spiro atoms. The van der Waals surface area contributed by atoms with Gasteiger partial charge in [0.25, 0.3) is 5.91 Å². The average Bonchev–Trinajstić information content (AvgIpc) is 2.45. The molecule has 0 aromatic carbocycles. The van der Waals surface area contributed by atoms with Gasteiger partial charge in [-0.1, -0.05) is 0 Å². The fourth-order valence-electron chi connectivity index (χ4n) is 2.17. The van der Waals surface area contributed by atoms with Crippen molar-refractivity contribution in [2.24, 2.45) is 11.0 Å². The van der Waals surface area contributed by atoms with Gasteiger partial charge in [-0.3, -0.25) is 4.79 Å². The van der Waals surface area contributed by atoms with Gasteiger partial charge in [0, 0.05) is 13.6 Å². The van der Waals surface area contributed by atoms with Crippen LogP contribution in [0.2, 0.25) is 0 Å². The highest BCUT2D eigenvalue weighted by Gasteiger charge is 2.43. The van der Waals surface area contributed by atoms with Gasteiger partial charge in [-0.05, 0) is 13.3 Å². The van der Waals surface area contributed by atoms with E-state index >= 15 is 0 Å². The molecule has 1 N–H and O–H groups in total. The Bertz CT molecular complexity index is 353. The second-order valence-corrected chi connectivity index (χ2v) is 3.88. The highest BCUT2D eigenvalue weighted by molar-refractivity contribution is 6.11. The van der Waals surface area contributed by atoms with Gasteiger partial charge < -0.3 is 10.0 Å². The molecule has 2 heterocycles. The van der Waals surface area contributed by atoms with Crippen molar-refractivity contribution in [1.29, 1.82) is 0 Å². The fraction of sp³-hybridized carbons (Fsp3) is 0.667. The van der Waals surface area contributed by atoms with Crippen molar-refractivity contribution < 1.29 is 14.7 Å². The van der Waals surface area contributed by atoms with Crippen molar-refractivity contribution >= 4 is 17.7 Å². The lowest BCUT2D eigenvalue weighted by molar-refractivity contribution is -0.130. The van der Waals surface area contributed by atoms with Crippen LogP contribution in [0.25, 0.3) is 0 Å². The number of hydrazone groups is 1. The second-order valence-electron chi connectivity index (χ2n) is 3.88. The third-order valence-corrected chi connectivity index (χ3v) is 3.04. The lowest BCUT2D eigenvalue weighted by Crippen LogP contribution is -2.50. The minimum absolute atomic E-state index is 0.0260. The number of amides is 2. The molecule has 1 unspecified atom stereocenters. The smallest absolute Gasteiger partial charge is 0.407 e. The maximum absolute atomic E-state index is 11.6. The van der Waals surface area contributed by atoms with Crippen molar-refractivity contribution in [3.05, 3.63) is 0 Å². The number of carbonyl (C=O) groups excluding carboxylic acids is 1. The minimum Gasteiger partial charge on any atom is -0.465 e.